The van der Waals surface area contributed by atoms with E-state index >= 15 is 0 Å². The number of hydrogen-bond donors (Lipinski definition) is 1. The number of rotatable bonds is 5. The Morgan fingerprint density at radius 1 is 1.15 bits per heavy atom. The lowest BCUT2D eigenvalue weighted by Gasteiger charge is -2.71. The van der Waals surface area contributed by atoms with Crippen molar-refractivity contribution in [1.82, 2.24) is 19.8 Å². The maximum atomic E-state index is 12.5. The fourth-order valence-electron chi connectivity index (χ4n) is 4.98. The summed E-state index contributed by atoms with van der Waals surface area (Å²) in [5.41, 5.74) is 2.18. The third kappa shape index (κ3) is 2.66. The van der Waals surface area contributed by atoms with E-state index in [0.717, 1.165) is 31.5 Å². The summed E-state index contributed by atoms with van der Waals surface area (Å²) in [6.07, 6.45) is 7.27. The molecule has 3 fully saturated rings. The average Bonchev–Trinajstić information content (AvgIpc) is 3.50. The van der Waals surface area contributed by atoms with Gasteiger partial charge in [0, 0.05) is 55.5 Å². The van der Waals surface area contributed by atoms with E-state index in [9.17, 15) is 9.90 Å². The number of hydrogen-bond acceptors (Lipinski definition) is 5. The lowest BCUT2D eigenvalue weighted by molar-refractivity contribution is -0.200. The Bertz CT molecular complexity index is 819. The highest BCUT2D eigenvalue weighted by Crippen LogP contribution is 2.55. The summed E-state index contributed by atoms with van der Waals surface area (Å²) in [5, 5.41) is 10.1. The number of aliphatic hydroxyl groups excluding tert-OH is 1. The number of aromatic nitrogens is 2. The van der Waals surface area contributed by atoms with Gasteiger partial charge in [0.15, 0.2) is 0 Å². The fourth-order valence-corrected chi connectivity index (χ4v) is 4.98. The van der Waals surface area contributed by atoms with Crippen LogP contribution in [0, 0.1) is 5.92 Å². The highest BCUT2D eigenvalue weighted by atomic mass is 16.3. The molecule has 1 aromatic carbocycles. The maximum Gasteiger partial charge on any atom is 0.225 e. The minimum absolute atomic E-state index is 0.0470. The molecule has 0 unspecified atom stereocenters. The molecule has 1 N–H and O–H groups in total. The molecule has 1 aliphatic carbocycles. The Morgan fingerprint density at radius 3 is 2.48 bits per heavy atom. The molecular formula is C21H24N4O2. The van der Waals surface area contributed by atoms with Crippen LogP contribution in [0.4, 0.5) is 0 Å². The molecule has 27 heavy (non-hydrogen) atoms. The topological polar surface area (TPSA) is 69.6 Å². The van der Waals surface area contributed by atoms with E-state index in [1.54, 1.807) is 0 Å². The van der Waals surface area contributed by atoms with Crippen molar-refractivity contribution in [2.45, 2.75) is 36.9 Å². The monoisotopic (exact) mass is 364 g/mol. The molecule has 2 atom stereocenters. The molecule has 1 amide bonds. The average molecular weight is 364 g/mol. The quantitative estimate of drug-likeness (QED) is 0.869. The van der Waals surface area contributed by atoms with E-state index in [4.69, 9.17) is 0 Å². The fraction of sp³-hybridized carbons (Fsp3) is 0.476. The lowest BCUT2D eigenvalue weighted by Crippen LogP contribution is -2.84. The molecule has 1 spiro atoms. The third-order valence-electron chi connectivity index (χ3n) is 6.42. The van der Waals surface area contributed by atoms with Gasteiger partial charge in [-0.2, -0.15) is 0 Å². The Morgan fingerprint density at radius 2 is 1.85 bits per heavy atom. The molecule has 6 nitrogen and oxygen atoms in total. The van der Waals surface area contributed by atoms with Crippen LogP contribution >= 0.6 is 0 Å². The van der Waals surface area contributed by atoms with Crippen LogP contribution in [-0.2, 0) is 11.3 Å². The predicted molar refractivity (Wildman–Crippen MR) is 99.7 cm³/mol. The first kappa shape index (κ1) is 16.8. The van der Waals surface area contributed by atoms with Gasteiger partial charge < -0.3 is 10.0 Å². The van der Waals surface area contributed by atoms with Crippen LogP contribution in [0.2, 0.25) is 0 Å². The SMILES string of the molecule is O=C(C1CC1)N1CC2(C1)[C@H](c1ccccc1)[C@@H](CO)N2Cc1cncnc1. The van der Waals surface area contributed by atoms with Crippen molar-refractivity contribution in [1.29, 1.82) is 0 Å². The first-order valence-electron chi connectivity index (χ1n) is 9.68. The summed E-state index contributed by atoms with van der Waals surface area (Å²) in [6, 6.07) is 10.5. The van der Waals surface area contributed by atoms with Crippen molar-refractivity contribution in [3.63, 3.8) is 0 Å². The van der Waals surface area contributed by atoms with Gasteiger partial charge in [0.1, 0.15) is 6.33 Å². The molecule has 1 saturated carbocycles. The minimum Gasteiger partial charge on any atom is -0.395 e. The highest BCUT2D eigenvalue weighted by Gasteiger charge is 2.66. The standard InChI is InChI=1S/C21H24N4O2/c26-11-18-19(16-4-2-1-3-5-16)21(12-24(13-21)20(27)17-6-7-17)25(18)10-15-8-22-14-23-9-15/h1-5,8-9,14,17-19,26H,6-7,10-13H2/t18-,19-/m1/s1. The summed E-state index contributed by atoms with van der Waals surface area (Å²) in [7, 11) is 0. The zero-order chi connectivity index (χ0) is 18.4. The van der Waals surface area contributed by atoms with Gasteiger partial charge in [-0.25, -0.2) is 9.97 Å². The molecule has 6 heteroatoms. The summed E-state index contributed by atoms with van der Waals surface area (Å²) in [4.78, 5) is 25.1. The second-order valence-electron chi connectivity index (χ2n) is 8.09. The zero-order valence-corrected chi connectivity index (χ0v) is 15.2. The van der Waals surface area contributed by atoms with E-state index < -0.39 is 0 Å². The van der Waals surface area contributed by atoms with Crippen LogP contribution in [0.1, 0.15) is 29.9 Å². The summed E-state index contributed by atoms with van der Waals surface area (Å²) >= 11 is 0. The third-order valence-corrected chi connectivity index (χ3v) is 6.42. The number of carbonyl (C=O) groups excluding carboxylic acids is 1. The lowest BCUT2D eigenvalue weighted by atomic mass is 9.60. The second-order valence-corrected chi connectivity index (χ2v) is 8.09. The molecule has 2 aromatic rings. The van der Waals surface area contributed by atoms with Crippen molar-refractivity contribution < 1.29 is 9.90 Å². The van der Waals surface area contributed by atoms with Crippen LogP contribution in [0.15, 0.2) is 49.1 Å². The summed E-state index contributed by atoms with van der Waals surface area (Å²) in [5.74, 6) is 0.793. The predicted octanol–water partition coefficient (Wildman–Crippen LogP) is 1.43. The van der Waals surface area contributed by atoms with Crippen molar-refractivity contribution in [2.24, 2.45) is 5.92 Å². The number of aliphatic hydroxyl groups is 1. The van der Waals surface area contributed by atoms with E-state index in [2.05, 4.69) is 39.1 Å². The van der Waals surface area contributed by atoms with Gasteiger partial charge in [-0.15, -0.1) is 0 Å². The van der Waals surface area contributed by atoms with E-state index in [1.165, 1.54) is 11.9 Å². The van der Waals surface area contributed by atoms with Gasteiger partial charge in [-0.3, -0.25) is 9.69 Å². The molecule has 1 aromatic heterocycles. The number of likely N-dealkylation sites (tertiary alicyclic amines) is 2. The maximum absolute atomic E-state index is 12.5. The number of benzene rings is 1. The van der Waals surface area contributed by atoms with Crippen LogP contribution in [0.3, 0.4) is 0 Å². The van der Waals surface area contributed by atoms with Gasteiger partial charge in [0.05, 0.1) is 12.1 Å². The van der Waals surface area contributed by atoms with Crippen LogP contribution < -0.4 is 0 Å². The van der Waals surface area contributed by atoms with Crippen LogP contribution in [0.25, 0.3) is 0 Å². The van der Waals surface area contributed by atoms with E-state index in [0.29, 0.717) is 12.5 Å². The Kier molecular flexibility index (Phi) is 3.98. The van der Waals surface area contributed by atoms with Crippen molar-refractivity contribution in [3.8, 4) is 0 Å². The minimum atomic E-state index is -0.102. The number of amides is 1. The molecule has 0 radical (unpaired) electrons. The van der Waals surface area contributed by atoms with E-state index in [1.807, 2.05) is 23.4 Å². The molecule has 2 aliphatic heterocycles. The van der Waals surface area contributed by atoms with Gasteiger partial charge in [-0.05, 0) is 18.4 Å². The first-order chi connectivity index (χ1) is 13.2. The van der Waals surface area contributed by atoms with Crippen molar-refractivity contribution in [2.75, 3.05) is 19.7 Å². The normalized spacial score (nSPS) is 26.5. The largest absolute Gasteiger partial charge is 0.395 e. The summed E-state index contributed by atoms with van der Waals surface area (Å²) < 4.78 is 0. The molecule has 3 heterocycles. The first-order valence-corrected chi connectivity index (χ1v) is 9.68. The second kappa shape index (κ2) is 6.39. The van der Waals surface area contributed by atoms with Gasteiger partial charge in [0.2, 0.25) is 5.91 Å². The zero-order valence-electron chi connectivity index (χ0n) is 15.2. The Labute approximate surface area is 158 Å². The van der Waals surface area contributed by atoms with E-state index in [-0.39, 0.29) is 30.0 Å². The Hall–Kier alpha value is -2.31. The van der Waals surface area contributed by atoms with Gasteiger partial charge >= 0.3 is 0 Å². The van der Waals surface area contributed by atoms with Gasteiger partial charge in [0.25, 0.3) is 0 Å². The van der Waals surface area contributed by atoms with Crippen LogP contribution in [0.5, 0.6) is 0 Å². The molecule has 2 saturated heterocycles. The molecule has 3 aliphatic rings. The van der Waals surface area contributed by atoms with Crippen LogP contribution in [-0.4, -0.2) is 62.1 Å². The molecule has 0 bridgehead atoms. The summed E-state index contributed by atoms with van der Waals surface area (Å²) in [6.45, 7) is 2.28. The van der Waals surface area contributed by atoms with Gasteiger partial charge in [-0.1, -0.05) is 30.3 Å². The van der Waals surface area contributed by atoms with Crippen molar-refractivity contribution >= 4 is 5.91 Å². The molecule has 140 valence electrons. The Balaban J connectivity index is 1.43. The molecule has 5 rings (SSSR count). The van der Waals surface area contributed by atoms with Crippen molar-refractivity contribution in [3.05, 3.63) is 60.2 Å². The number of carbonyl (C=O) groups is 1. The molecular weight excluding hydrogens is 340 g/mol. The number of nitrogens with zero attached hydrogens (tertiary/aromatic N) is 4. The smallest absolute Gasteiger partial charge is 0.225 e. The highest BCUT2D eigenvalue weighted by molar-refractivity contribution is 5.82.